The van der Waals surface area contributed by atoms with Crippen LogP contribution in [-0.4, -0.2) is 13.1 Å². The minimum atomic E-state index is -0.199. The lowest BCUT2D eigenvalue weighted by Gasteiger charge is -2.15. The summed E-state index contributed by atoms with van der Waals surface area (Å²) in [5.41, 5.74) is 2.15. The first-order valence-electron chi connectivity index (χ1n) is 4.77. The van der Waals surface area contributed by atoms with Crippen molar-refractivity contribution in [1.29, 1.82) is 0 Å². The fourth-order valence-corrected chi connectivity index (χ4v) is 1.45. The third-order valence-corrected chi connectivity index (χ3v) is 2.21. The zero-order chi connectivity index (χ0) is 9.80. The molecule has 1 aliphatic rings. The van der Waals surface area contributed by atoms with Gasteiger partial charge in [-0.25, -0.2) is 4.39 Å². The van der Waals surface area contributed by atoms with E-state index >= 15 is 0 Å². The van der Waals surface area contributed by atoms with Crippen molar-refractivity contribution in [2.75, 3.05) is 18.4 Å². The lowest BCUT2D eigenvalue weighted by molar-refractivity contribution is 0.628. The van der Waals surface area contributed by atoms with E-state index < -0.39 is 0 Å². The molecule has 0 atom stereocenters. The third-order valence-electron chi connectivity index (χ3n) is 2.21. The van der Waals surface area contributed by atoms with E-state index in [-0.39, 0.29) is 5.82 Å². The zero-order valence-electron chi connectivity index (χ0n) is 7.89. The van der Waals surface area contributed by atoms with Crippen LogP contribution in [0.5, 0.6) is 0 Å². The van der Waals surface area contributed by atoms with Gasteiger partial charge in [0.15, 0.2) is 0 Å². The number of anilines is 1. The molecule has 0 saturated heterocycles. The maximum atomic E-state index is 12.6. The minimum absolute atomic E-state index is 0.199. The Morgan fingerprint density at radius 1 is 1.21 bits per heavy atom. The Morgan fingerprint density at radius 3 is 2.64 bits per heavy atom. The van der Waals surface area contributed by atoms with Crippen LogP contribution in [0.2, 0.25) is 0 Å². The van der Waals surface area contributed by atoms with E-state index in [1.807, 2.05) is 0 Å². The smallest absolute Gasteiger partial charge is 0.123 e. The molecular formula is C11H13FN2. The van der Waals surface area contributed by atoms with Gasteiger partial charge < -0.3 is 10.6 Å². The van der Waals surface area contributed by atoms with Crippen molar-refractivity contribution in [3.05, 3.63) is 41.9 Å². The van der Waals surface area contributed by atoms with Gasteiger partial charge in [0.25, 0.3) is 0 Å². The van der Waals surface area contributed by atoms with Gasteiger partial charge in [0, 0.05) is 24.5 Å². The Kier molecular flexibility index (Phi) is 2.79. The second kappa shape index (κ2) is 4.24. The predicted octanol–water partition coefficient (Wildman–Crippen LogP) is 2.11. The average Bonchev–Trinajstić information content (AvgIpc) is 2.23. The number of halogens is 1. The topological polar surface area (TPSA) is 24.1 Å². The maximum Gasteiger partial charge on any atom is 0.123 e. The molecule has 0 saturated carbocycles. The fraction of sp³-hybridized carbons (Fsp3) is 0.273. The number of rotatable bonds is 2. The number of nitrogens with one attached hydrogen (secondary N) is 2. The summed E-state index contributed by atoms with van der Waals surface area (Å²) in [6, 6.07) is 6.42. The first-order chi connectivity index (χ1) is 6.84. The molecule has 1 aliphatic heterocycles. The molecule has 0 aliphatic carbocycles. The van der Waals surface area contributed by atoms with Crippen LogP contribution in [0.3, 0.4) is 0 Å². The molecule has 1 aromatic rings. The Balaban J connectivity index is 2.03. The molecule has 14 heavy (non-hydrogen) atoms. The van der Waals surface area contributed by atoms with E-state index in [0.29, 0.717) is 0 Å². The molecule has 74 valence electrons. The monoisotopic (exact) mass is 192 g/mol. The van der Waals surface area contributed by atoms with Crippen LogP contribution in [0.1, 0.15) is 6.42 Å². The first-order valence-corrected chi connectivity index (χ1v) is 4.77. The molecule has 0 unspecified atom stereocenters. The summed E-state index contributed by atoms with van der Waals surface area (Å²) in [7, 11) is 0. The summed E-state index contributed by atoms with van der Waals surface area (Å²) < 4.78 is 12.6. The highest BCUT2D eigenvalue weighted by molar-refractivity contribution is 5.48. The van der Waals surface area contributed by atoms with Gasteiger partial charge >= 0.3 is 0 Å². The van der Waals surface area contributed by atoms with Crippen molar-refractivity contribution in [3.63, 3.8) is 0 Å². The normalized spacial score (nSPS) is 16.2. The second-order valence-electron chi connectivity index (χ2n) is 3.32. The van der Waals surface area contributed by atoms with Crippen LogP contribution >= 0.6 is 0 Å². The number of hydrogen-bond acceptors (Lipinski definition) is 2. The van der Waals surface area contributed by atoms with Crippen LogP contribution in [0.15, 0.2) is 36.0 Å². The van der Waals surface area contributed by atoms with Crippen LogP contribution in [0.25, 0.3) is 0 Å². The molecule has 0 amide bonds. The Bertz CT molecular complexity index is 330. The fourth-order valence-electron chi connectivity index (χ4n) is 1.45. The quantitative estimate of drug-likeness (QED) is 0.750. The van der Waals surface area contributed by atoms with E-state index in [0.717, 1.165) is 25.2 Å². The minimum Gasteiger partial charge on any atom is -0.359 e. The van der Waals surface area contributed by atoms with Crippen molar-refractivity contribution < 1.29 is 4.39 Å². The van der Waals surface area contributed by atoms with Crippen molar-refractivity contribution in [2.24, 2.45) is 0 Å². The highest BCUT2D eigenvalue weighted by Crippen LogP contribution is 2.13. The molecule has 0 spiro atoms. The van der Waals surface area contributed by atoms with Gasteiger partial charge in [-0.2, -0.15) is 0 Å². The SMILES string of the molecule is Fc1ccc(NC2=CCNCC2)cc1. The molecule has 0 aromatic heterocycles. The van der Waals surface area contributed by atoms with Gasteiger partial charge in [0.1, 0.15) is 5.82 Å². The van der Waals surface area contributed by atoms with Gasteiger partial charge in [-0.05, 0) is 30.7 Å². The molecule has 1 heterocycles. The van der Waals surface area contributed by atoms with Crippen LogP contribution < -0.4 is 10.6 Å². The van der Waals surface area contributed by atoms with E-state index in [1.54, 1.807) is 12.1 Å². The van der Waals surface area contributed by atoms with Gasteiger partial charge in [-0.1, -0.05) is 6.08 Å². The molecule has 1 aromatic carbocycles. The van der Waals surface area contributed by atoms with E-state index in [2.05, 4.69) is 16.7 Å². The van der Waals surface area contributed by atoms with Crippen LogP contribution in [0, 0.1) is 5.82 Å². The lowest BCUT2D eigenvalue weighted by atomic mass is 10.2. The summed E-state index contributed by atoms with van der Waals surface area (Å²) in [6.07, 6.45) is 3.12. The molecule has 0 bridgehead atoms. The number of hydrogen-bond donors (Lipinski definition) is 2. The van der Waals surface area contributed by atoms with Gasteiger partial charge in [-0.15, -0.1) is 0 Å². The third kappa shape index (κ3) is 2.33. The Morgan fingerprint density at radius 2 is 2.00 bits per heavy atom. The average molecular weight is 192 g/mol. The largest absolute Gasteiger partial charge is 0.359 e. The van der Waals surface area contributed by atoms with Gasteiger partial charge in [0.2, 0.25) is 0 Å². The second-order valence-corrected chi connectivity index (χ2v) is 3.32. The van der Waals surface area contributed by atoms with Gasteiger partial charge in [0.05, 0.1) is 0 Å². The summed E-state index contributed by atoms with van der Waals surface area (Å²) >= 11 is 0. The van der Waals surface area contributed by atoms with Crippen molar-refractivity contribution in [3.8, 4) is 0 Å². The Labute approximate surface area is 82.8 Å². The van der Waals surface area contributed by atoms with E-state index in [1.165, 1.54) is 17.8 Å². The molecule has 2 nitrogen and oxygen atoms in total. The van der Waals surface area contributed by atoms with Crippen LogP contribution in [0.4, 0.5) is 10.1 Å². The van der Waals surface area contributed by atoms with E-state index in [4.69, 9.17) is 0 Å². The maximum absolute atomic E-state index is 12.6. The molecule has 2 N–H and O–H groups in total. The summed E-state index contributed by atoms with van der Waals surface area (Å²) in [4.78, 5) is 0. The standard InChI is InChI=1S/C11H13FN2/c12-9-1-3-10(4-2-9)14-11-5-7-13-8-6-11/h1-5,13-14H,6-8H2. The van der Waals surface area contributed by atoms with Crippen LogP contribution in [-0.2, 0) is 0 Å². The van der Waals surface area contributed by atoms with E-state index in [9.17, 15) is 4.39 Å². The molecule has 2 rings (SSSR count). The predicted molar refractivity (Wildman–Crippen MR) is 55.6 cm³/mol. The molecular weight excluding hydrogens is 179 g/mol. The molecule has 3 heteroatoms. The van der Waals surface area contributed by atoms with Gasteiger partial charge in [-0.3, -0.25) is 0 Å². The van der Waals surface area contributed by atoms with Crippen molar-refractivity contribution >= 4 is 5.69 Å². The highest BCUT2D eigenvalue weighted by atomic mass is 19.1. The Hall–Kier alpha value is -1.35. The van der Waals surface area contributed by atoms with Crippen molar-refractivity contribution in [2.45, 2.75) is 6.42 Å². The zero-order valence-corrected chi connectivity index (χ0v) is 7.89. The molecule has 0 radical (unpaired) electrons. The summed E-state index contributed by atoms with van der Waals surface area (Å²) in [6.45, 7) is 1.91. The number of benzene rings is 1. The summed E-state index contributed by atoms with van der Waals surface area (Å²) in [5, 5.41) is 6.50. The van der Waals surface area contributed by atoms with Crippen molar-refractivity contribution in [1.82, 2.24) is 5.32 Å². The summed E-state index contributed by atoms with van der Waals surface area (Å²) in [5.74, 6) is -0.199. The molecule has 0 fully saturated rings. The first kappa shape index (κ1) is 9.21. The lowest BCUT2D eigenvalue weighted by Crippen LogP contribution is -2.22. The highest BCUT2D eigenvalue weighted by Gasteiger charge is 2.02.